The molecule has 1 fully saturated rings. The number of aryl methyl sites for hydroxylation is 1. The zero-order valence-corrected chi connectivity index (χ0v) is 18.2. The Morgan fingerprint density at radius 2 is 1.65 bits per heavy atom. The lowest BCUT2D eigenvalue weighted by Gasteiger charge is -2.19. The van der Waals surface area contributed by atoms with E-state index in [9.17, 15) is 14.4 Å². The Morgan fingerprint density at radius 1 is 1.06 bits per heavy atom. The number of halogens is 1. The molecular formula is C24H22FN3O6. The molecule has 0 amide bonds. The summed E-state index contributed by atoms with van der Waals surface area (Å²) in [5.74, 6) is -1.43. The summed E-state index contributed by atoms with van der Waals surface area (Å²) < 4.78 is 32.9. The molecule has 1 aromatic heterocycles. The summed E-state index contributed by atoms with van der Waals surface area (Å²) in [5.41, 5.74) is 5.77. The van der Waals surface area contributed by atoms with Gasteiger partial charge in [-0.25, -0.2) is 18.8 Å². The molecule has 4 atom stereocenters. The number of carbonyl (C=O) groups is 2. The first kappa shape index (κ1) is 23.1. The summed E-state index contributed by atoms with van der Waals surface area (Å²) in [6.07, 6.45) is -4.73. The molecule has 0 saturated carbocycles. The summed E-state index contributed by atoms with van der Waals surface area (Å²) in [6.45, 7) is 1.19. The van der Waals surface area contributed by atoms with E-state index < -0.39 is 48.8 Å². The van der Waals surface area contributed by atoms with Crippen molar-refractivity contribution >= 4 is 17.8 Å². The van der Waals surface area contributed by atoms with Gasteiger partial charge in [0, 0.05) is 11.8 Å². The Kier molecular flexibility index (Phi) is 6.69. The number of alkyl halides is 1. The summed E-state index contributed by atoms with van der Waals surface area (Å²) in [5, 5.41) is 0. The molecule has 0 radical (unpaired) electrons. The van der Waals surface area contributed by atoms with Crippen molar-refractivity contribution in [3.05, 3.63) is 94.0 Å². The van der Waals surface area contributed by atoms with Crippen molar-refractivity contribution in [3.8, 4) is 0 Å². The van der Waals surface area contributed by atoms with Gasteiger partial charge in [0.25, 0.3) is 0 Å². The van der Waals surface area contributed by atoms with Crippen LogP contribution in [0.3, 0.4) is 0 Å². The van der Waals surface area contributed by atoms with E-state index >= 15 is 4.39 Å². The van der Waals surface area contributed by atoms with Crippen molar-refractivity contribution in [2.24, 2.45) is 0 Å². The molecule has 1 aliphatic rings. The number of hydrogen-bond acceptors (Lipinski definition) is 8. The molecule has 0 spiro atoms. The Balaban J connectivity index is 1.58. The van der Waals surface area contributed by atoms with Crippen molar-refractivity contribution in [2.45, 2.75) is 31.5 Å². The average Bonchev–Trinajstić information content (AvgIpc) is 3.15. The van der Waals surface area contributed by atoms with Crippen molar-refractivity contribution in [2.75, 3.05) is 12.3 Å². The molecule has 0 aliphatic carbocycles. The minimum Gasteiger partial charge on any atom is -0.459 e. The smallest absolute Gasteiger partial charge is 0.351 e. The molecule has 9 nitrogen and oxygen atoms in total. The van der Waals surface area contributed by atoms with Crippen LogP contribution in [0.5, 0.6) is 0 Å². The number of aromatic nitrogens is 2. The number of nitrogens with two attached hydrogens (primary N) is 1. The predicted molar refractivity (Wildman–Crippen MR) is 119 cm³/mol. The molecule has 1 saturated heterocycles. The van der Waals surface area contributed by atoms with Crippen LogP contribution in [0.1, 0.15) is 32.5 Å². The molecule has 0 bridgehead atoms. The third-order valence-corrected chi connectivity index (χ3v) is 5.36. The van der Waals surface area contributed by atoms with Crippen LogP contribution in [0.4, 0.5) is 10.2 Å². The molecule has 2 aromatic carbocycles. The van der Waals surface area contributed by atoms with Crippen LogP contribution in [0.2, 0.25) is 0 Å². The van der Waals surface area contributed by atoms with Gasteiger partial charge in [-0.15, -0.1) is 0 Å². The van der Waals surface area contributed by atoms with Gasteiger partial charge < -0.3 is 19.9 Å². The van der Waals surface area contributed by atoms with E-state index in [-0.39, 0.29) is 11.4 Å². The lowest BCUT2D eigenvalue weighted by molar-refractivity contribution is -0.0592. The van der Waals surface area contributed by atoms with Crippen LogP contribution < -0.4 is 11.4 Å². The second-order valence-electron chi connectivity index (χ2n) is 7.71. The quantitative estimate of drug-likeness (QED) is 0.550. The number of carbonyl (C=O) groups excluding carboxylic acids is 2. The van der Waals surface area contributed by atoms with Crippen LogP contribution in [0, 0.1) is 6.92 Å². The number of rotatable bonds is 6. The zero-order chi connectivity index (χ0) is 24.2. The van der Waals surface area contributed by atoms with E-state index in [1.807, 2.05) is 0 Å². The summed E-state index contributed by atoms with van der Waals surface area (Å²) in [4.78, 5) is 41.0. The number of hydrogen-bond donors (Lipinski definition) is 1. The standard InChI is InChI=1S/C24H22FN3O6/c1-14-12-28(24(31)27-20(14)26)21-18(25)19(34-23(30)16-10-6-3-7-11-16)17(33-21)13-32-22(29)15-8-4-2-5-9-15/h2-12,17-19,21H,13H2,1H3,(H2,26,27,31)/i25-1. The topological polar surface area (TPSA) is 123 Å². The number of nitrogen functional groups attached to an aromatic ring is 1. The zero-order valence-electron chi connectivity index (χ0n) is 18.2. The molecule has 4 unspecified atom stereocenters. The first-order valence-electron chi connectivity index (χ1n) is 10.5. The number of ether oxygens (including phenoxy) is 3. The Hall–Kier alpha value is -4.05. The van der Waals surface area contributed by atoms with Crippen LogP contribution in [0.15, 0.2) is 71.7 Å². The fourth-order valence-corrected chi connectivity index (χ4v) is 3.54. The minimum absolute atomic E-state index is 0.00931. The molecule has 2 heterocycles. The summed E-state index contributed by atoms with van der Waals surface area (Å²) >= 11 is 0. The van der Waals surface area contributed by atoms with Gasteiger partial charge in [-0.3, -0.25) is 4.57 Å². The molecule has 3 aromatic rings. The maximum atomic E-state index is 15.6. The van der Waals surface area contributed by atoms with Gasteiger partial charge in [-0.2, -0.15) is 4.98 Å². The third kappa shape index (κ3) is 4.81. The van der Waals surface area contributed by atoms with E-state index in [0.29, 0.717) is 11.1 Å². The molecule has 10 heteroatoms. The first-order valence-corrected chi connectivity index (χ1v) is 10.5. The minimum atomic E-state index is -1.95. The fraction of sp³-hybridized carbons (Fsp3) is 0.250. The van der Waals surface area contributed by atoms with E-state index in [1.165, 1.54) is 18.3 Å². The summed E-state index contributed by atoms with van der Waals surface area (Å²) in [6, 6.07) is 16.2. The highest BCUT2D eigenvalue weighted by Gasteiger charge is 2.49. The predicted octanol–water partition coefficient (Wildman–Crippen LogP) is 2.45. The third-order valence-electron chi connectivity index (χ3n) is 5.36. The Morgan fingerprint density at radius 3 is 2.26 bits per heavy atom. The van der Waals surface area contributed by atoms with Crippen LogP contribution in [0.25, 0.3) is 0 Å². The normalized spacial score (nSPS) is 21.7. The molecule has 4 rings (SSSR count). The van der Waals surface area contributed by atoms with Gasteiger partial charge in [-0.1, -0.05) is 36.4 Å². The molecular weight excluding hydrogens is 444 g/mol. The molecule has 1 aliphatic heterocycles. The van der Waals surface area contributed by atoms with Gasteiger partial charge in [0.2, 0.25) is 0 Å². The second kappa shape index (κ2) is 9.84. The lowest BCUT2D eigenvalue weighted by Crippen LogP contribution is -2.38. The van der Waals surface area contributed by atoms with Gasteiger partial charge in [0.15, 0.2) is 18.5 Å². The largest absolute Gasteiger partial charge is 0.459 e. The van der Waals surface area contributed by atoms with Crippen molar-refractivity contribution in [1.29, 1.82) is 0 Å². The van der Waals surface area contributed by atoms with Crippen LogP contribution >= 0.6 is 0 Å². The van der Waals surface area contributed by atoms with E-state index in [2.05, 4.69) is 4.98 Å². The van der Waals surface area contributed by atoms with Crippen LogP contribution in [-0.4, -0.2) is 46.5 Å². The summed E-state index contributed by atoms with van der Waals surface area (Å²) in [7, 11) is 0. The Bertz CT molecular complexity index is 1230. The second-order valence-corrected chi connectivity index (χ2v) is 7.71. The molecule has 34 heavy (non-hydrogen) atoms. The number of anilines is 1. The van der Waals surface area contributed by atoms with Gasteiger partial charge >= 0.3 is 17.6 Å². The van der Waals surface area contributed by atoms with Gasteiger partial charge in [-0.05, 0) is 31.2 Å². The number of nitrogens with zero attached hydrogens (tertiary/aromatic N) is 2. The number of benzene rings is 2. The maximum Gasteiger partial charge on any atom is 0.351 e. The lowest BCUT2D eigenvalue weighted by atomic mass is 10.1. The highest BCUT2D eigenvalue weighted by atomic mass is 18.2. The average molecular weight is 466 g/mol. The van der Waals surface area contributed by atoms with Crippen LogP contribution in [-0.2, 0) is 14.2 Å². The maximum absolute atomic E-state index is 15.6. The highest BCUT2D eigenvalue weighted by Crippen LogP contribution is 2.34. The fourth-order valence-electron chi connectivity index (χ4n) is 3.54. The molecule has 2 N–H and O–H groups in total. The van der Waals surface area contributed by atoms with Crippen molar-refractivity contribution < 1.29 is 28.2 Å². The molecule has 176 valence electrons. The van der Waals surface area contributed by atoms with Gasteiger partial charge in [0.1, 0.15) is 18.5 Å². The Labute approximate surface area is 193 Å². The SMILES string of the molecule is Cc1cn(C2OC(COC(=O)c3ccccc3)C(OC(=O)c3ccccc3)C2[18F])c(=O)nc1N. The van der Waals surface area contributed by atoms with E-state index in [0.717, 1.165) is 4.57 Å². The van der Waals surface area contributed by atoms with Gasteiger partial charge in [0.05, 0.1) is 11.1 Å². The highest BCUT2D eigenvalue weighted by molar-refractivity contribution is 5.90. The van der Waals surface area contributed by atoms with E-state index in [1.54, 1.807) is 55.5 Å². The number of esters is 2. The van der Waals surface area contributed by atoms with E-state index in [4.69, 9.17) is 19.9 Å². The first-order chi connectivity index (χ1) is 16.3. The van der Waals surface area contributed by atoms with Crippen molar-refractivity contribution in [3.63, 3.8) is 0 Å². The van der Waals surface area contributed by atoms with Crippen molar-refractivity contribution in [1.82, 2.24) is 9.55 Å². The monoisotopic (exact) mass is 466 g/mol.